The maximum absolute atomic E-state index is 13.6. The number of carbonyl (C=O) groups is 1. The van der Waals surface area contributed by atoms with E-state index in [0.717, 1.165) is 11.3 Å². The number of sulfonamides is 1. The minimum absolute atomic E-state index is 0.113. The van der Waals surface area contributed by atoms with E-state index >= 15 is 0 Å². The maximum atomic E-state index is 13.6. The topological polar surface area (TPSA) is 78.8 Å². The molecule has 0 unspecified atom stereocenters. The number of benzene rings is 2. The van der Waals surface area contributed by atoms with Crippen LogP contribution in [0.5, 0.6) is 0 Å². The molecule has 8 nitrogen and oxygen atoms in total. The van der Waals surface area contributed by atoms with E-state index in [1.807, 2.05) is 68.4 Å². The van der Waals surface area contributed by atoms with Crippen LogP contribution in [0.15, 0.2) is 65.8 Å². The molecule has 1 amide bonds. The molecule has 1 saturated heterocycles. The number of halogens is 1. The first-order valence-corrected chi connectivity index (χ1v) is 13.6. The molecule has 10 heteroatoms. The van der Waals surface area contributed by atoms with E-state index in [-0.39, 0.29) is 16.5 Å². The summed E-state index contributed by atoms with van der Waals surface area (Å²) < 4.78 is 30.2. The zero-order chi connectivity index (χ0) is 25.0. The smallest absolute Gasteiger partial charge is 0.263 e. The van der Waals surface area contributed by atoms with Crippen LogP contribution in [-0.4, -0.2) is 66.0 Å². The molecule has 4 rings (SSSR count). The van der Waals surface area contributed by atoms with E-state index in [9.17, 15) is 13.2 Å². The molecule has 1 fully saturated rings. The molecule has 1 aromatic heterocycles. The zero-order valence-electron chi connectivity index (χ0n) is 20.0. The monoisotopic (exact) mass is 515 g/mol. The highest BCUT2D eigenvalue weighted by Gasteiger charge is 2.35. The molecule has 0 N–H and O–H groups in total. The summed E-state index contributed by atoms with van der Waals surface area (Å²) >= 11 is 6.12. The SMILES string of the molecule is CCN(Cc1ccccc1)C(=O)c1cn(CC)nc1S(=O)(=O)N1CCN(c2cccc(Cl)c2)CC1. The second-order valence-corrected chi connectivity index (χ2v) is 10.7. The fourth-order valence-corrected chi connectivity index (χ4v) is 5.89. The highest BCUT2D eigenvalue weighted by atomic mass is 35.5. The van der Waals surface area contributed by atoms with E-state index < -0.39 is 10.0 Å². The normalized spacial score (nSPS) is 14.8. The molecule has 3 aromatic rings. The van der Waals surface area contributed by atoms with E-state index in [2.05, 4.69) is 10.00 Å². The third-order valence-electron chi connectivity index (χ3n) is 6.16. The second kappa shape index (κ2) is 10.8. The molecule has 0 bridgehead atoms. The summed E-state index contributed by atoms with van der Waals surface area (Å²) in [4.78, 5) is 17.2. The van der Waals surface area contributed by atoms with Crippen molar-refractivity contribution in [1.82, 2.24) is 19.0 Å². The van der Waals surface area contributed by atoms with Crippen LogP contribution in [0.3, 0.4) is 0 Å². The van der Waals surface area contributed by atoms with Gasteiger partial charge in [0.15, 0.2) is 0 Å². The number of carbonyl (C=O) groups excluding carboxylic acids is 1. The Balaban J connectivity index is 1.56. The number of aryl methyl sites for hydroxylation is 1. The van der Waals surface area contributed by atoms with Crippen molar-refractivity contribution in [2.24, 2.45) is 0 Å². The summed E-state index contributed by atoms with van der Waals surface area (Å²) in [6.07, 6.45) is 1.55. The summed E-state index contributed by atoms with van der Waals surface area (Å²) in [6.45, 7) is 6.68. The molecule has 0 radical (unpaired) electrons. The molecule has 2 aromatic carbocycles. The van der Waals surface area contributed by atoms with Crippen LogP contribution in [0.25, 0.3) is 0 Å². The lowest BCUT2D eigenvalue weighted by Gasteiger charge is -2.35. The number of nitrogens with zero attached hydrogens (tertiary/aromatic N) is 5. The first-order chi connectivity index (χ1) is 16.8. The Hall–Kier alpha value is -2.88. The van der Waals surface area contributed by atoms with Gasteiger partial charge >= 0.3 is 0 Å². The van der Waals surface area contributed by atoms with Gasteiger partial charge in [0.1, 0.15) is 0 Å². The number of hydrogen-bond donors (Lipinski definition) is 0. The number of anilines is 1. The highest BCUT2D eigenvalue weighted by Crippen LogP contribution is 2.25. The Labute approximate surface area is 211 Å². The minimum atomic E-state index is -3.95. The second-order valence-electron chi connectivity index (χ2n) is 8.38. The summed E-state index contributed by atoms with van der Waals surface area (Å²) in [7, 11) is -3.95. The zero-order valence-corrected chi connectivity index (χ0v) is 21.5. The molecule has 0 spiro atoms. The van der Waals surface area contributed by atoms with Crippen molar-refractivity contribution < 1.29 is 13.2 Å². The Morgan fingerprint density at radius 3 is 2.37 bits per heavy atom. The largest absolute Gasteiger partial charge is 0.369 e. The van der Waals surface area contributed by atoms with E-state index in [0.29, 0.717) is 50.8 Å². The lowest BCUT2D eigenvalue weighted by Crippen LogP contribution is -2.49. The molecule has 0 aliphatic carbocycles. The van der Waals surface area contributed by atoms with Crippen LogP contribution in [0, 0.1) is 0 Å². The predicted molar refractivity (Wildman–Crippen MR) is 137 cm³/mol. The number of aromatic nitrogens is 2. The van der Waals surface area contributed by atoms with Crippen LogP contribution in [0.2, 0.25) is 5.02 Å². The molecule has 186 valence electrons. The molecule has 0 saturated carbocycles. The third-order valence-corrected chi connectivity index (χ3v) is 8.23. The van der Waals surface area contributed by atoms with Crippen molar-refractivity contribution >= 4 is 33.2 Å². The van der Waals surface area contributed by atoms with Gasteiger partial charge in [-0.1, -0.05) is 48.0 Å². The van der Waals surface area contributed by atoms with E-state index in [1.165, 1.54) is 8.99 Å². The summed E-state index contributed by atoms with van der Waals surface area (Å²) in [5.74, 6) is -0.341. The average molecular weight is 516 g/mol. The maximum Gasteiger partial charge on any atom is 0.263 e. The van der Waals surface area contributed by atoms with Crippen LogP contribution in [-0.2, 0) is 23.1 Å². The average Bonchev–Trinajstić information content (AvgIpc) is 3.33. The molecular weight excluding hydrogens is 486 g/mol. The van der Waals surface area contributed by atoms with Crippen molar-refractivity contribution in [1.29, 1.82) is 0 Å². The Kier molecular flexibility index (Phi) is 7.78. The first-order valence-electron chi connectivity index (χ1n) is 11.7. The standard InChI is InChI=1S/C25H30ClN5O3S/c1-3-28(18-20-9-6-5-7-10-20)25(32)23-19-30(4-2)27-24(23)35(33,34)31-15-13-29(14-16-31)22-12-8-11-21(26)17-22/h5-12,17,19H,3-4,13-16,18H2,1-2H3. The lowest BCUT2D eigenvalue weighted by atomic mass is 10.2. The van der Waals surface area contributed by atoms with Gasteiger partial charge in [0.2, 0.25) is 5.03 Å². The van der Waals surface area contributed by atoms with Gasteiger partial charge in [-0.2, -0.15) is 9.40 Å². The Bertz CT molecular complexity index is 1270. The van der Waals surface area contributed by atoms with Gasteiger partial charge in [0.05, 0.1) is 5.56 Å². The number of piperazine rings is 1. The fraction of sp³-hybridized carbons (Fsp3) is 0.360. The fourth-order valence-electron chi connectivity index (χ4n) is 4.19. The van der Waals surface area contributed by atoms with Crippen molar-refractivity contribution in [2.45, 2.75) is 32.0 Å². The minimum Gasteiger partial charge on any atom is -0.369 e. The van der Waals surface area contributed by atoms with Gasteiger partial charge in [-0.3, -0.25) is 9.48 Å². The van der Waals surface area contributed by atoms with E-state index in [4.69, 9.17) is 11.6 Å². The summed E-state index contributed by atoms with van der Waals surface area (Å²) in [5.41, 5.74) is 2.05. The molecule has 1 aliphatic heterocycles. The van der Waals surface area contributed by atoms with Gasteiger partial charge in [0.25, 0.3) is 15.9 Å². The van der Waals surface area contributed by atoms with Crippen molar-refractivity contribution in [3.63, 3.8) is 0 Å². The van der Waals surface area contributed by atoms with Crippen LogP contribution >= 0.6 is 11.6 Å². The van der Waals surface area contributed by atoms with Crippen LogP contribution in [0.4, 0.5) is 5.69 Å². The molecule has 1 aliphatic rings. The summed E-state index contributed by atoms with van der Waals surface area (Å²) in [5, 5.41) is 4.78. The predicted octanol–water partition coefficient (Wildman–Crippen LogP) is 3.73. The van der Waals surface area contributed by atoms with Crippen LogP contribution < -0.4 is 4.90 Å². The quantitative estimate of drug-likeness (QED) is 0.457. The number of hydrogen-bond acceptors (Lipinski definition) is 5. The van der Waals surface area contributed by atoms with Gasteiger partial charge in [-0.05, 0) is 37.6 Å². The third kappa shape index (κ3) is 5.52. The van der Waals surface area contributed by atoms with Gasteiger partial charge in [-0.15, -0.1) is 0 Å². The van der Waals surface area contributed by atoms with Crippen molar-refractivity contribution in [3.8, 4) is 0 Å². The Morgan fingerprint density at radius 2 is 1.74 bits per heavy atom. The van der Waals surface area contributed by atoms with Gasteiger partial charge < -0.3 is 9.80 Å². The van der Waals surface area contributed by atoms with Crippen LogP contribution in [0.1, 0.15) is 29.8 Å². The lowest BCUT2D eigenvalue weighted by molar-refractivity contribution is 0.0748. The molecular formula is C25H30ClN5O3S. The Morgan fingerprint density at radius 1 is 1.03 bits per heavy atom. The molecule has 2 heterocycles. The molecule has 35 heavy (non-hydrogen) atoms. The van der Waals surface area contributed by atoms with E-state index in [1.54, 1.807) is 11.1 Å². The van der Waals surface area contributed by atoms with Gasteiger partial charge in [-0.25, -0.2) is 8.42 Å². The van der Waals surface area contributed by atoms with Crippen molar-refractivity contribution in [3.05, 3.63) is 76.9 Å². The first kappa shape index (κ1) is 25.2. The summed E-state index contributed by atoms with van der Waals surface area (Å²) in [6, 6.07) is 17.2. The highest BCUT2D eigenvalue weighted by molar-refractivity contribution is 7.89. The number of amides is 1. The number of rotatable bonds is 8. The molecule has 0 atom stereocenters. The van der Waals surface area contributed by atoms with Gasteiger partial charge in [0, 0.05) is 62.7 Å². The van der Waals surface area contributed by atoms with Crippen molar-refractivity contribution in [2.75, 3.05) is 37.6 Å².